The minimum Gasteiger partial charge on any atom is -0.454 e. The zero-order valence-corrected chi connectivity index (χ0v) is 18.2. The Balaban J connectivity index is 2.76. The summed E-state index contributed by atoms with van der Waals surface area (Å²) in [6, 6.07) is 3.04. The number of anilines is 1. The van der Waals surface area contributed by atoms with Crippen LogP contribution in [0.1, 0.15) is 32.3 Å². The highest BCUT2D eigenvalue weighted by Gasteiger charge is 2.40. The summed E-state index contributed by atoms with van der Waals surface area (Å²) in [5.41, 5.74) is 11.4. The predicted molar refractivity (Wildman–Crippen MR) is 112 cm³/mol. The van der Waals surface area contributed by atoms with Gasteiger partial charge in [0.05, 0.1) is 6.04 Å². The Morgan fingerprint density at radius 1 is 1.06 bits per heavy atom. The molecule has 184 valence electrons. The van der Waals surface area contributed by atoms with Crippen LogP contribution in [0, 0.1) is 5.92 Å². The van der Waals surface area contributed by atoms with Crippen molar-refractivity contribution in [3.8, 4) is 0 Å². The number of alkyl halides is 3. The van der Waals surface area contributed by atoms with Gasteiger partial charge in [-0.3, -0.25) is 9.59 Å². The molecule has 13 heteroatoms. The summed E-state index contributed by atoms with van der Waals surface area (Å²) in [6.45, 7) is 3.11. The van der Waals surface area contributed by atoms with Crippen LogP contribution in [0.15, 0.2) is 24.3 Å². The quantitative estimate of drug-likeness (QED) is 0.238. The van der Waals surface area contributed by atoms with Crippen molar-refractivity contribution < 1.29 is 37.1 Å². The summed E-state index contributed by atoms with van der Waals surface area (Å²) < 4.78 is 40.7. The average molecular weight is 475 g/mol. The number of esters is 1. The van der Waals surface area contributed by atoms with Crippen LogP contribution in [-0.2, 0) is 25.7 Å². The lowest BCUT2D eigenvalue weighted by atomic mass is 10.0. The van der Waals surface area contributed by atoms with E-state index in [1.165, 1.54) is 24.3 Å². The summed E-state index contributed by atoms with van der Waals surface area (Å²) in [7, 11) is 0. The van der Waals surface area contributed by atoms with Crippen molar-refractivity contribution in [1.29, 1.82) is 0 Å². The van der Waals surface area contributed by atoms with E-state index >= 15 is 0 Å². The van der Waals surface area contributed by atoms with Gasteiger partial charge in [-0.25, -0.2) is 9.59 Å². The van der Waals surface area contributed by atoms with E-state index in [9.17, 15) is 32.3 Å². The fraction of sp³-hybridized carbons (Fsp3) is 0.500. The van der Waals surface area contributed by atoms with Crippen LogP contribution in [0.4, 0.5) is 23.7 Å². The number of nitrogens with two attached hydrogens (primary N) is 2. The molecule has 7 N–H and O–H groups in total. The molecule has 0 heterocycles. The fourth-order valence-corrected chi connectivity index (χ4v) is 2.50. The largest absolute Gasteiger partial charge is 0.490 e. The summed E-state index contributed by atoms with van der Waals surface area (Å²) in [4.78, 5) is 46.6. The Bertz CT molecular complexity index is 830. The Hall–Kier alpha value is -3.35. The minimum absolute atomic E-state index is 0.163. The second kappa shape index (κ2) is 12.6. The van der Waals surface area contributed by atoms with Crippen LogP contribution in [0.5, 0.6) is 0 Å². The van der Waals surface area contributed by atoms with Gasteiger partial charge in [0.2, 0.25) is 11.8 Å². The Morgan fingerprint density at radius 3 is 2.18 bits per heavy atom. The maximum atomic E-state index is 12.7. The van der Waals surface area contributed by atoms with Crippen molar-refractivity contribution >= 4 is 29.5 Å². The molecule has 1 aromatic rings. The van der Waals surface area contributed by atoms with Crippen LogP contribution in [0.2, 0.25) is 0 Å². The van der Waals surface area contributed by atoms with Crippen molar-refractivity contribution in [2.24, 2.45) is 17.4 Å². The molecule has 0 bridgehead atoms. The molecule has 0 saturated heterocycles. The van der Waals surface area contributed by atoms with E-state index in [2.05, 4.69) is 20.7 Å². The van der Waals surface area contributed by atoms with E-state index in [0.717, 1.165) is 0 Å². The van der Waals surface area contributed by atoms with Gasteiger partial charge in [0.1, 0.15) is 12.6 Å². The van der Waals surface area contributed by atoms with Crippen LogP contribution < -0.4 is 27.4 Å². The zero-order chi connectivity index (χ0) is 25.2. The summed E-state index contributed by atoms with van der Waals surface area (Å²) >= 11 is 0. The Labute approximate surface area is 188 Å². The smallest absolute Gasteiger partial charge is 0.454 e. The molecular formula is C20H28F3N5O5. The van der Waals surface area contributed by atoms with Gasteiger partial charge in [-0.15, -0.1) is 0 Å². The number of benzene rings is 1. The highest BCUT2D eigenvalue weighted by atomic mass is 19.4. The average Bonchev–Trinajstić information content (AvgIpc) is 2.73. The molecule has 0 aromatic heterocycles. The van der Waals surface area contributed by atoms with E-state index < -0.39 is 48.7 Å². The first-order chi connectivity index (χ1) is 15.3. The number of urea groups is 1. The van der Waals surface area contributed by atoms with Crippen molar-refractivity contribution in [3.63, 3.8) is 0 Å². The zero-order valence-electron chi connectivity index (χ0n) is 18.2. The Kier molecular flexibility index (Phi) is 10.6. The highest BCUT2D eigenvalue weighted by Crippen LogP contribution is 2.18. The first-order valence-electron chi connectivity index (χ1n) is 10.0. The van der Waals surface area contributed by atoms with Crippen LogP contribution in [0.3, 0.4) is 0 Å². The maximum absolute atomic E-state index is 12.7. The van der Waals surface area contributed by atoms with Crippen molar-refractivity contribution in [2.45, 2.75) is 51.6 Å². The molecule has 0 aliphatic rings. The molecular weight excluding hydrogens is 447 g/mol. The molecule has 0 aliphatic carbocycles. The van der Waals surface area contributed by atoms with Gasteiger partial charge < -0.3 is 32.2 Å². The number of carbonyl (C=O) groups is 4. The third kappa shape index (κ3) is 10.2. The standard InChI is InChI=1S/C20H28F3N5O5/c1-11(2)15(24)17(30)28-14(4-3-9-26-19(25)32)16(29)27-13-7-5-12(6-8-13)10-33-18(31)20(21,22)23/h5-8,11,14-15H,3-4,9-10,24H2,1-2H3,(H,27,29)(H,28,30)(H3,25,26,32)/t14-,15-/m0/s1. The van der Waals surface area contributed by atoms with E-state index in [1.807, 2.05) is 0 Å². The van der Waals surface area contributed by atoms with Gasteiger partial charge in [-0.2, -0.15) is 13.2 Å². The fourth-order valence-electron chi connectivity index (χ4n) is 2.50. The number of amides is 4. The van der Waals surface area contributed by atoms with Crippen molar-refractivity contribution in [3.05, 3.63) is 29.8 Å². The molecule has 10 nitrogen and oxygen atoms in total. The number of nitrogens with one attached hydrogen (secondary N) is 3. The monoisotopic (exact) mass is 475 g/mol. The van der Waals surface area contributed by atoms with E-state index in [0.29, 0.717) is 12.1 Å². The number of ether oxygens (including phenoxy) is 1. The second-order valence-corrected chi connectivity index (χ2v) is 7.52. The van der Waals surface area contributed by atoms with E-state index in [1.54, 1.807) is 13.8 Å². The van der Waals surface area contributed by atoms with Gasteiger partial charge in [0.25, 0.3) is 0 Å². The summed E-state index contributed by atoms with van der Waals surface area (Å²) in [5.74, 6) is -3.54. The van der Waals surface area contributed by atoms with E-state index in [-0.39, 0.29) is 24.4 Å². The topological polar surface area (TPSA) is 166 Å². The molecule has 4 amide bonds. The Morgan fingerprint density at radius 2 is 1.67 bits per heavy atom. The number of hydrogen-bond acceptors (Lipinski definition) is 6. The molecule has 1 rings (SSSR count). The van der Waals surface area contributed by atoms with Crippen molar-refractivity contribution in [1.82, 2.24) is 10.6 Å². The molecule has 0 saturated carbocycles. The molecule has 0 radical (unpaired) electrons. The van der Waals surface area contributed by atoms with Gasteiger partial charge in [-0.05, 0) is 36.5 Å². The lowest BCUT2D eigenvalue weighted by molar-refractivity contribution is -0.201. The molecule has 33 heavy (non-hydrogen) atoms. The predicted octanol–water partition coefficient (Wildman–Crippen LogP) is 1.15. The first kappa shape index (κ1) is 27.7. The molecule has 2 atom stereocenters. The second-order valence-electron chi connectivity index (χ2n) is 7.52. The van der Waals surface area contributed by atoms with Gasteiger partial charge in [-0.1, -0.05) is 26.0 Å². The first-order valence-corrected chi connectivity index (χ1v) is 10.0. The van der Waals surface area contributed by atoms with Crippen molar-refractivity contribution in [2.75, 3.05) is 11.9 Å². The highest BCUT2D eigenvalue weighted by molar-refractivity contribution is 5.97. The normalized spacial score (nSPS) is 13.1. The molecule has 0 fully saturated rings. The third-order valence-electron chi connectivity index (χ3n) is 4.45. The maximum Gasteiger partial charge on any atom is 0.490 e. The number of hydrogen-bond donors (Lipinski definition) is 5. The number of halogens is 3. The van der Waals surface area contributed by atoms with Gasteiger partial charge >= 0.3 is 18.2 Å². The number of carbonyl (C=O) groups excluding carboxylic acids is 4. The summed E-state index contributed by atoms with van der Waals surface area (Å²) in [5, 5.41) is 7.55. The molecule has 0 spiro atoms. The molecule has 0 aliphatic heterocycles. The molecule has 1 aromatic carbocycles. The lowest BCUT2D eigenvalue weighted by Crippen LogP contribution is -2.51. The van der Waals surface area contributed by atoms with Crippen LogP contribution in [0.25, 0.3) is 0 Å². The molecule has 0 unspecified atom stereocenters. The summed E-state index contributed by atoms with van der Waals surface area (Å²) in [6.07, 6.45) is -4.58. The number of rotatable bonds is 11. The minimum atomic E-state index is -5.08. The van der Waals surface area contributed by atoms with Crippen LogP contribution in [-0.4, -0.2) is 48.6 Å². The van der Waals surface area contributed by atoms with Gasteiger partial charge in [0, 0.05) is 12.2 Å². The lowest BCUT2D eigenvalue weighted by Gasteiger charge is -2.22. The third-order valence-corrected chi connectivity index (χ3v) is 4.45. The number of primary amides is 1. The van der Waals surface area contributed by atoms with Crippen LogP contribution >= 0.6 is 0 Å². The SMILES string of the molecule is CC(C)[C@H](N)C(=O)N[C@@H](CCCNC(N)=O)C(=O)Nc1ccc(COC(=O)C(F)(F)F)cc1. The van der Waals surface area contributed by atoms with E-state index in [4.69, 9.17) is 11.5 Å². The van der Waals surface area contributed by atoms with Gasteiger partial charge in [0.15, 0.2) is 0 Å².